The number of amides is 1. The molecule has 1 aromatic rings. The third kappa shape index (κ3) is 3.28. The van der Waals surface area contributed by atoms with Gasteiger partial charge in [-0.05, 0) is 33.2 Å². The average molecular weight is 336 g/mol. The molecule has 2 unspecified atom stereocenters. The molecule has 2 fully saturated rings. The molecule has 0 spiro atoms. The summed E-state index contributed by atoms with van der Waals surface area (Å²) in [6.07, 6.45) is 2.25. The molecule has 0 aromatic carbocycles. The van der Waals surface area contributed by atoms with Crippen molar-refractivity contribution in [2.24, 2.45) is 7.05 Å². The number of aryl methyl sites for hydroxylation is 2. The lowest BCUT2D eigenvalue weighted by atomic mass is 10.0. The summed E-state index contributed by atoms with van der Waals surface area (Å²) in [5.74, 6) is 0.995. The van der Waals surface area contributed by atoms with Crippen LogP contribution in [0.4, 0.5) is 0 Å². The number of hydrogen-bond acceptors (Lipinski definition) is 5. The molecule has 7 nitrogen and oxygen atoms in total. The maximum atomic E-state index is 12.7. The maximum Gasteiger partial charge on any atom is 0.236 e. The molecule has 0 saturated carbocycles. The number of aromatic nitrogens is 2. The van der Waals surface area contributed by atoms with Gasteiger partial charge in [0.1, 0.15) is 0 Å². The highest BCUT2D eigenvalue weighted by Gasteiger charge is 2.34. The van der Waals surface area contributed by atoms with E-state index in [9.17, 15) is 4.79 Å². The van der Waals surface area contributed by atoms with Gasteiger partial charge in [-0.1, -0.05) is 0 Å². The van der Waals surface area contributed by atoms with E-state index in [0.29, 0.717) is 26.2 Å². The normalized spacial score (nSPS) is 25.2. The van der Waals surface area contributed by atoms with Crippen molar-refractivity contribution in [1.82, 2.24) is 19.6 Å². The van der Waals surface area contributed by atoms with E-state index in [1.807, 2.05) is 25.8 Å². The molecule has 0 radical (unpaired) electrons. The molecule has 2 saturated heterocycles. The first-order valence-electron chi connectivity index (χ1n) is 8.72. The molecule has 0 aliphatic carbocycles. The van der Waals surface area contributed by atoms with Gasteiger partial charge in [-0.3, -0.25) is 9.69 Å². The van der Waals surface area contributed by atoms with E-state index < -0.39 is 0 Å². The summed E-state index contributed by atoms with van der Waals surface area (Å²) in [6.45, 7) is 7.43. The number of ether oxygens (including phenoxy) is 2. The fraction of sp³-hybridized carbons (Fsp3) is 0.765. The summed E-state index contributed by atoms with van der Waals surface area (Å²) < 4.78 is 12.9. The summed E-state index contributed by atoms with van der Waals surface area (Å²) in [7, 11) is 3.58. The van der Waals surface area contributed by atoms with Crippen LogP contribution in [0.5, 0.6) is 5.88 Å². The number of likely N-dealkylation sites (tertiary alicyclic amines) is 1. The largest absolute Gasteiger partial charge is 0.481 e. The molecule has 2 aliphatic heterocycles. The van der Waals surface area contributed by atoms with Crippen molar-refractivity contribution < 1.29 is 14.3 Å². The van der Waals surface area contributed by atoms with Crippen LogP contribution >= 0.6 is 0 Å². The standard InChI is InChI=1S/C17H28N4O3/c1-12-10-21(8-9-24-12)15(22)11-20-7-5-6-14(20)16-13(2)18-19(3)17(16)23-4/h12,14H,5-11H2,1-4H3. The SMILES string of the molecule is COc1c(C2CCCN2CC(=O)N2CCOC(C)C2)c(C)nn1C. The number of methoxy groups -OCH3 is 1. The van der Waals surface area contributed by atoms with E-state index in [-0.39, 0.29) is 18.1 Å². The zero-order chi connectivity index (χ0) is 17.3. The Hall–Kier alpha value is -1.60. The quantitative estimate of drug-likeness (QED) is 0.825. The maximum absolute atomic E-state index is 12.7. The number of rotatable bonds is 4. The van der Waals surface area contributed by atoms with E-state index >= 15 is 0 Å². The molecule has 2 atom stereocenters. The van der Waals surface area contributed by atoms with E-state index in [1.165, 1.54) is 0 Å². The lowest BCUT2D eigenvalue weighted by Gasteiger charge is -2.33. The van der Waals surface area contributed by atoms with Crippen LogP contribution in [0.2, 0.25) is 0 Å². The lowest BCUT2D eigenvalue weighted by Crippen LogP contribution is -2.48. The summed E-state index contributed by atoms with van der Waals surface area (Å²) in [5.41, 5.74) is 2.11. The highest BCUT2D eigenvalue weighted by molar-refractivity contribution is 5.78. The van der Waals surface area contributed by atoms with Crippen LogP contribution in [-0.2, 0) is 16.6 Å². The van der Waals surface area contributed by atoms with Crippen molar-refractivity contribution in [2.75, 3.05) is 39.9 Å². The fourth-order valence-corrected chi connectivity index (χ4v) is 3.94. The minimum Gasteiger partial charge on any atom is -0.481 e. The monoisotopic (exact) mass is 336 g/mol. The van der Waals surface area contributed by atoms with Crippen molar-refractivity contribution in [1.29, 1.82) is 0 Å². The van der Waals surface area contributed by atoms with Gasteiger partial charge in [-0.25, -0.2) is 4.68 Å². The van der Waals surface area contributed by atoms with Crippen LogP contribution in [0.3, 0.4) is 0 Å². The highest BCUT2D eigenvalue weighted by Crippen LogP contribution is 2.38. The summed E-state index contributed by atoms with van der Waals surface area (Å²) in [4.78, 5) is 16.9. The molecule has 1 aromatic heterocycles. The third-order valence-electron chi connectivity index (χ3n) is 5.04. The van der Waals surface area contributed by atoms with E-state index in [2.05, 4.69) is 10.00 Å². The zero-order valence-electron chi connectivity index (χ0n) is 15.1. The number of nitrogens with zero attached hydrogens (tertiary/aromatic N) is 4. The molecule has 24 heavy (non-hydrogen) atoms. The predicted molar refractivity (Wildman–Crippen MR) is 90.0 cm³/mol. The second kappa shape index (κ2) is 7.11. The third-order valence-corrected chi connectivity index (χ3v) is 5.04. The van der Waals surface area contributed by atoms with Gasteiger partial charge in [-0.15, -0.1) is 0 Å². The van der Waals surface area contributed by atoms with Gasteiger partial charge in [0.05, 0.1) is 37.6 Å². The van der Waals surface area contributed by atoms with Gasteiger partial charge in [0.25, 0.3) is 0 Å². The van der Waals surface area contributed by atoms with Crippen LogP contribution in [0, 0.1) is 6.92 Å². The van der Waals surface area contributed by atoms with Crippen LogP contribution in [-0.4, -0.2) is 71.5 Å². The summed E-state index contributed by atoms with van der Waals surface area (Å²) >= 11 is 0. The molecule has 2 aliphatic rings. The summed E-state index contributed by atoms with van der Waals surface area (Å²) in [6, 6.07) is 0.205. The Morgan fingerprint density at radius 1 is 1.42 bits per heavy atom. The Bertz CT molecular complexity index is 601. The Morgan fingerprint density at radius 3 is 2.92 bits per heavy atom. The van der Waals surface area contributed by atoms with Gasteiger partial charge in [-0.2, -0.15) is 5.10 Å². The smallest absolute Gasteiger partial charge is 0.236 e. The number of carbonyl (C=O) groups excluding carboxylic acids is 1. The second-order valence-corrected chi connectivity index (χ2v) is 6.78. The molecule has 134 valence electrons. The van der Waals surface area contributed by atoms with E-state index in [4.69, 9.17) is 9.47 Å². The minimum absolute atomic E-state index is 0.123. The minimum atomic E-state index is 0.123. The van der Waals surface area contributed by atoms with Gasteiger partial charge in [0.15, 0.2) is 0 Å². The van der Waals surface area contributed by atoms with Crippen molar-refractivity contribution >= 4 is 5.91 Å². The fourth-order valence-electron chi connectivity index (χ4n) is 3.94. The molecule has 0 N–H and O–H groups in total. The molecular weight excluding hydrogens is 308 g/mol. The van der Waals surface area contributed by atoms with E-state index in [0.717, 1.165) is 36.5 Å². The topological polar surface area (TPSA) is 59.8 Å². The highest BCUT2D eigenvalue weighted by atomic mass is 16.5. The van der Waals surface area contributed by atoms with Crippen molar-refractivity contribution in [2.45, 2.75) is 38.8 Å². The number of hydrogen-bond donors (Lipinski definition) is 0. The van der Waals surface area contributed by atoms with Crippen molar-refractivity contribution in [3.05, 3.63) is 11.3 Å². The van der Waals surface area contributed by atoms with Gasteiger partial charge in [0, 0.05) is 26.2 Å². The first-order valence-corrected chi connectivity index (χ1v) is 8.72. The molecule has 0 bridgehead atoms. The van der Waals surface area contributed by atoms with E-state index in [1.54, 1.807) is 11.8 Å². The number of morpholine rings is 1. The van der Waals surface area contributed by atoms with Crippen LogP contribution in [0.1, 0.15) is 37.1 Å². The summed E-state index contributed by atoms with van der Waals surface area (Å²) in [5, 5.41) is 4.49. The second-order valence-electron chi connectivity index (χ2n) is 6.78. The van der Waals surface area contributed by atoms with Gasteiger partial charge < -0.3 is 14.4 Å². The van der Waals surface area contributed by atoms with Gasteiger partial charge >= 0.3 is 0 Å². The molecular formula is C17H28N4O3. The molecule has 7 heteroatoms. The van der Waals surface area contributed by atoms with Crippen molar-refractivity contribution in [3.8, 4) is 5.88 Å². The van der Waals surface area contributed by atoms with Crippen LogP contribution in [0.25, 0.3) is 0 Å². The van der Waals surface area contributed by atoms with Crippen LogP contribution in [0.15, 0.2) is 0 Å². The van der Waals surface area contributed by atoms with Crippen LogP contribution < -0.4 is 4.74 Å². The first kappa shape index (κ1) is 17.2. The number of carbonyl (C=O) groups is 1. The predicted octanol–water partition coefficient (Wildman–Crippen LogP) is 1.12. The Kier molecular flexibility index (Phi) is 5.10. The zero-order valence-corrected chi connectivity index (χ0v) is 15.1. The Labute approximate surface area is 143 Å². The Balaban J connectivity index is 1.73. The Morgan fingerprint density at radius 2 is 2.21 bits per heavy atom. The average Bonchev–Trinajstić information content (AvgIpc) is 3.10. The molecule has 1 amide bonds. The molecule has 3 heterocycles. The lowest BCUT2D eigenvalue weighted by molar-refractivity contribution is -0.139. The first-order chi connectivity index (χ1) is 11.5. The van der Waals surface area contributed by atoms with Crippen molar-refractivity contribution in [3.63, 3.8) is 0 Å². The molecule has 3 rings (SSSR count). The van der Waals surface area contributed by atoms with Gasteiger partial charge in [0.2, 0.25) is 11.8 Å².